The standard InChI is InChI=1S/C27H31NO4/c29-25(30)13-14-28-26(31)20-4-7-21(8-5-20)27(16-19-3-6-23(27)15-19)22-9-11-24(12-10-22)32-17-18-1-2-18/h4-5,7-12,18-19,23H,1-3,6,13-17H2,(H,28,31)(H,29,30). The van der Waals surface area contributed by atoms with Gasteiger partial charge in [-0.2, -0.15) is 0 Å². The summed E-state index contributed by atoms with van der Waals surface area (Å²) in [7, 11) is 0. The van der Waals surface area contributed by atoms with Crippen molar-refractivity contribution in [2.45, 2.75) is 50.4 Å². The molecule has 3 fully saturated rings. The van der Waals surface area contributed by atoms with Crippen LogP contribution in [0.4, 0.5) is 0 Å². The zero-order valence-corrected chi connectivity index (χ0v) is 18.4. The fraction of sp³-hybridized carbons (Fsp3) is 0.481. The van der Waals surface area contributed by atoms with Crippen molar-refractivity contribution in [3.63, 3.8) is 0 Å². The minimum atomic E-state index is -0.914. The summed E-state index contributed by atoms with van der Waals surface area (Å²) in [6, 6.07) is 16.7. The molecule has 1 amide bonds. The predicted octanol–water partition coefficient (Wildman–Crippen LogP) is 4.79. The molecule has 3 saturated carbocycles. The Morgan fingerprint density at radius 2 is 1.66 bits per heavy atom. The van der Waals surface area contributed by atoms with Gasteiger partial charge in [-0.15, -0.1) is 0 Å². The first kappa shape index (κ1) is 21.0. The van der Waals surface area contributed by atoms with E-state index in [4.69, 9.17) is 9.84 Å². The lowest BCUT2D eigenvalue weighted by molar-refractivity contribution is -0.136. The Hall–Kier alpha value is -2.82. The maximum atomic E-state index is 12.4. The number of hydrogen-bond donors (Lipinski definition) is 2. The first-order valence-corrected chi connectivity index (χ1v) is 11.9. The Kier molecular flexibility index (Phi) is 5.66. The summed E-state index contributed by atoms with van der Waals surface area (Å²) in [5.41, 5.74) is 3.19. The number of benzene rings is 2. The zero-order chi connectivity index (χ0) is 22.1. The summed E-state index contributed by atoms with van der Waals surface area (Å²) in [6.45, 7) is 0.962. The van der Waals surface area contributed by atoms with Crippen LogP contribution in [0.25, 0.3) is 0 Å². The largest absolute Gasteiger partial charge is 0.493 e. The highest BCUT2D eigenvalue weighted by molar-refractivity contribution is 5.94. The van der Waals surface area contributed by atoms with Gasteiger partial charge in [0.15, 0.2) is 0 Å². The van der Waals surface area contributed by atoms with Gasteiger partial charge in [0.1, 0.15) is 5.75 Å². The van der Waals surface area contributed by atoms with Crippen molar-refractivity contribution in [3.05, 3.63) is 65.2 Å². The molecule has 3 aliphatic rings. The molecule has 0 heterocycles. The molecule has 5 heteroatoms. The second kappa shape index (κ2) is 8.61. The van der Waals surface area contributed by atoms with Gasteiger partial charge in [-0.3, -0.25) is 9.59 Å². The molecule has 5 rings (SSSR count). The molecule has 3 unspecified atom stereocenters. The molecule has 2 bridgehead atoms. The van der Waals surface area contributed by atoms with Crippen LogP contribution in [-0.4, -0.2) is 30.1 Å². The van der Waals surface area contributed by atoms with Crippen molar-refractivity contribution in [3.8, 4) is 5.75 Å². The van der Waals surface area contributed by atoms with E-state index in [0.29, 0.717) is 11.5 Å². The number of hydrogen-bond acceptors (Lipinski definition) is 3. The first-order valence-electron chi connectivity index (χ1n) is 11.9. The van der Waals surface area contributed by atoms with E-state index >= 15 is 0 Å². The maximum absolute atomic E-state index is 12.4. The van der Waals surface area contributed by atoms with E-state index in [1.807, 2.05) is 12.1 Å². The molecule has 3 aliphatic carbocycles. The van der Waals surface area contributed by atoms with E-state index in [2.05, 4.69) is 41.7 Å². The molecule has 0 saturated heterocycles. The smallest absolute Gasteiger partial charge is 0.305 e. The van der Waals surface area contributed by atoms with Gasteiger partial charge >= 0.3 is 5.97 Å². The van der Waals surface area contributed by atoms with Crippen LogP contribution in [0.5, 0.6) is 5.75 Å². The normalized spacial score (nSPS) is 26.1. The second-order valence-electron chi connectivity index (χ2n) is 9.81. The van der Waals surface area contributed by atoms with Crippen molar-refractivity contribution in [2.75, 3.05) is 13.2 Å². The summed E-state index contributed by atoms with van der Waals surface area (Å²) in [4.78, 5) is 23.0. The highest BCUT2D eigenvalue weighted by atomic mass is 16.5. The quantitative estimate of drug-likeness (QED) is 0.596. The van der Waals surface area contributed by atoms with Crippen molar-refractivity contribution < 1.29 is 19.4 Å². The van der Waals surface area contributed by atoms with E-state index in [1.54, 1.807) is 0 Å². The van der Waals surface area contributed by atoms with Gasteiger partial charge in [-0.05, 0) is 85.3 Å². The van der Waals surface area contributed by atoms with Crippen LogP contribution in [0.3, 0.4) is 0 Å². The Bertz CT molecular complexity index is 980. The van der Waals surface area contributed by atoms with E-state index in [0.717, 1.165) is 30.6 Å². The number of rotatable bonds is 9. The first-order chi connectivity index (χ1) is 15.5. The average molecular weight is 434 g/mol. The van der Waals surface area contributed by atoms with E-state index in [1.165, 1.54) is 43.2 Å². The molecular weight excluding hydrogens is 402 g/mol. The summed E-state index contributed by atoms with van der Waals surface area (Å²) in [5.74, 6) is 1.95. The molecule has 0 radical (unpaired) electrons. The van der Waals surface area contributed by atoms with E-state index < -0.39 is 5.97 Å². The number of fused-ring (bicyclic) bond motifs is 2. The van der Waals surface area contributed by atoms with Crippen LogP contribution >= 0.6 is 0 Å². The van der Waals surface area contributed by atoms with Crippen LogP contribution in [0.15, 0.2) is 48.5 Å². The van der Waals surface area contributed by atoms with E-state index in [9.17, 15) is 9.59 Å². The molecule has 168 valence electrons. The Balaban J connectivity index is 1.36. The van der Waals surface area contributed by atoms with Crippen molar-refractivity contribution in [2.24, 2.45) is 17.8 Å². The van der Waals surface area contributed by atoms with Crippen molar-refractivity contribution >= 4 is 11.9 Å². The number of ether oxygens (including phenoxy) is 1. The Morgan fingerprint density at radius 3 is 2.22 bits per heavy atom. The number of amides is 1. The molecular formula is C27H31NO4. The van der Waals surface area contributed by atoms with Crippen LogP contribution in [0, 0.1) is 17.8 Å². The summed E-state index contributed by atoms with van der Waals surface area (Å²) >= 11 is 0. The van der Waals surface area contributed by atoms with Crippen LogP contribution in [0.1, 0.15) is 66.4 Å². The van der Waals surface area contributed by atoms with Gasteiger partial charge in [0, 0.05) is 17.5 Å². The summed E-state index contributed by atoms with van der Waals surface area (Å²) in [6.07, 6.45) is 7.51. The van der Waals surface area contributed by atoms with Gasteiger partial charge in [0.05, 0.1) is 13.0 Å². The molecule has 2 N–H and O–H groups in total. The van der Waals surface area contributed by atoms with Gasteiger partial charge in [-0.25, -0.2) is 0 Å². The predicted molar refractivity (Wildman–Crippen MR) is 122 cm³/mol. The second-order valence-corrected chi connectivity index (χ2v) is 9.81. The third-order valence-electron chi connectivity index (χ3n) is 7.69. The highest BCUT2D eigenvalue weighted by Gasteiger charge is 2.52. The maximum Gasteiger partial charge on any atom is 0.305 e. The fourth-order valence-corrected chi connectivity index (χ4v) is 5.85. The fourth-order valence-electron chi connectivity index (χ4n) is 5.85. The lowest BCUT2D eigenvalue weighted by atomic mass is 9.64. The van der Waals surface area contributed by atoms with Gasteiger partial charge in [0.25, 0.3) is 5.91 Å². The monoisotopic (exact) mass is 433 g/mol. The molecule has 0 spiro atoms. The molecule has 2 aromatic carbocycles. The van der Waals surface area contributed by atoms with Crippen molar-refractivity contribution in [1.29, 1.82) is 0 Å². The minimum Gasteiger partial charge on any atom is -0.493 e. The average Bonchev–Trinajstić information content (AvgIpc) is 3.41. The lowest BCUT2D eigenvalue weighted by Crippen LogP contribution is -2.34. The SMILES string of the molecule is O=C(O)CCNC(=O)c1ccc(C2(c3ccc(OCC4CC4)cc3)CC3CCC2C3)cc1. The van der Waals surface area contributed by atoms with Gasteiger partial charge in [-0.1, -0.05) is 30.7 Å². The number of carboxylic acids is 1. The Labute approximate surface area is 189 Å². The molecule has 3 atom stereocenters. The van der Waals surface area contributed by atoms with Crippen molar-refractivity contribution in [1.82, 2.24) is 5.32 Å². The van der Waals surface area contributed by atoms with E-state index in [-0.39, 0.29) is 24.3 Å². The number of carbonyl (C=O) groups is 2. The van der Waals surface area contributed by atoms with Gasteiger partial charge in [0.2, 0.25) is 0 Å². The topological polar surface area (TPSA) is 75.6 Å². The molecule has 0 aromatic heterocycles. The third-order valence-corrected chi connectivity index (χ3v) is 7.69. The third kappa shape index (κ3) is 4.13. The number of carbonyl (C=O) groups excluding carboxylic acids is 1. The summed E-state index contributed by atoms with van der Waals surface area (Å²) < 4.78 is 5.96. The Morgan fingerprint density at radius 1 is 0.969 bits per heavy atom. The summed E-state index contributed by atoms with van der Waals surface area (Å²) in [5, 5.41) is 11.4. The molecule has 0 aliphatic heterocycles. The lowest BCUT2D eigenvalue weighted by Gasteiger charge is -2.39. The number of aliphatic carboxylic acids is 1. The number of carboxylic acid groups (broad SMARTS) is 1. The van der Waals surface area contributed by atoms with Crippen LogP contribution < -0.4 is 10.1 Å². The minimum absolute atomic E-state index is 0.00372. The number of nitrogens with one attached hydrogen (secondary N) is 1. The molecule has 32 heavy (non-hydrogen) atoms. The van der Waals surface area contributed by atoms with Crippen LogP contribution in [-0.2, 0) is 10.2 Å². The highest BCUT2D eigenvalue weighted by Crippen LogP contribution is 2.60. The van der Waals surface area contributed by atoms with Crippen LogP contribution in [0.2, 0.25) is 0 Å². The molecule has 2 aromatic rings. The zero-order valence-electron chi connectivity index (χ0n) is 18.4. The molecule has 5 nitrogen and oxygen atoms in total. The van der Waals surface area contributed by atoms with Gasteiger partial charge < -0.3 is 15.2 Å².